The molecule has 1 heterocycles. The molecule has 0 radical (unpaired) electrons. The summed E-state index contributed by atoms with van der Waals surface area (Å²) in [5.74, 6) is -1.93. The lowest BCUT2D eigenvalue weighted by molar-refractivity contribution is -0.121. The number of aryl methyl sites for hydroxylation is 1. The van der Waals surface area contributed by atoms with E-state index in [9.17, 15) is 22.0 Å². The highest BCUT2D eigenvalue weighted by Crippen LogP contribution is 2.21. The fourth-order valence-electron chi connectivity index (χ4n) is 3.03. The fraction of sp³-hybridized carbons (Fsp3) is 0.286. The standard InChI is InChI=1S/C21H22F2N4O4S/c1-14-6-3-4-7-16(14)21-25-20(31-26-21)13-24-19(28)8-5-11-27(32(2,29)30)15-9-10-17(22)18(23)12-15/h3-4,6-7,9-10,12H,5,8,11,13H2,1-2H3,(H,24,28). The zero-order valence-corrected chi connectivity index (χ0v) is 18.3. The smallest absolute Gasteiger partial charge is 0.246 e. The molecule has 2 aromatic carbocycles. The van der Waals surface area contributed by atoms with E-state index in [0.29, 0.717) is 5.82 Å². The van der Waals surface area contributed by atoms with Gasteiger partial charge in [0.25, 0.3) is 0 Å². The lowest BCUT2D eigenvalue weighted by Gasteiger charge is -2.22. The molecule has 170 valence electrons. The number of rotatable bonds is 9. The van der Waals surface area contributed by atoms with Crippen molar-refractivity contribution in [2.45, 2.75) is 26.3 Å². The Morgan fingerprint density at radius 3 is 2.59 bits per heavy atom. The summed E-state index contributed by atoms with van der Waals surface area (Å²) in [6.07, 6.45) is 1.13. The fourth-order valence-corrected chi connectivity index (χ4v) is 3.99. The molecular formula is C21H22F2N4O4S. The Hall–Kier alpha value is -3.34. The molecule has 1 aromatic heterocycles. The van der Waals surface area contributed by atoms with Crippen LogP contribution in [0.25, 0.3) is 11.4 Å². The second kappa shape index (κ2) is 9.86. The van der Waals surface area contributed by atoms with Crippen molar-refractivity contribution in [3.8, 4) is 11.4 Å². The number of halogens is 2. The number of sulfonamides is 1. The number of nitrogens with one attached hydrogen (secondary N) is 1. The van der Waals surface area contributed by atoms with Crippen molar-refractivity contribution in [3.05, 3.63) is 65.6 Å². The van der Waals surface area contributed by atoms with E-state index < -0.39 is 21.7 Å². The average molecular weight is 464 g/mol. The topological polar surface area (TPSA) is 105 Å². The van der Waals surface area contributed by atoms with Crippen molar-refractivity contribution in [3.63, 3.8) is 0 Å². The van der Waals surface area contributed by atoms with Crippen molar-refractivity contribution in [1.29, 1.82) is 0 Å². The number of carbonyl (C=O) groups excluding carboxylic acids is 1. The highest BCUT2D eigenvalue weighted by molar-refractivity contribution is 7.92. The van der Waals surface area contributed by atoms with Crippen LogP contribution in [0, 0.1) is 18.6 Å². The number of nitrogens with zero attached hydrogens (tertiary/aromatic N) is 3. The highest BCUT2D eigenvalue weighted by atomic mass is 32.2. The Bertz CT molecular complexity index is 1210. The number of amides is 1. The molecule has 1 N–H and O–H groups in total. The summed E-state index contributed by atoms with van der Waals surface area (Å²) < 4.78 is 56.8. The van der Waals surface area contributed by atoms with E-state index in [1.807, 2.05) is 31.2 Å². The van der Waals surface area contributed by atoms with E-state index in [4.69, 9.17) is 4.52 Å². The molecule has 0 atom stereocenters. The largest absolute Gasteiger partial charge is 0.347 e. The summed E-state index contributed by atoms with van der Waals surface area (Å²) in [6, 6.07) is 10.4. The van der Waals surface area contributed by atoms with E-state index in [1.165, 1.54) is 6.07 Å². The van der Waals surface area contributed by atoms with Crippen LogP contribution in [-0.2, 0) is 21.4 Å². The van der Waals surface area contributed by atoms with E-state index in [-0.39, 0.29) is 43.4 Å². The van der Waals surface area contributed by atoms with Gasteiger partial charge in [0.2, 0.25) is 27.6 Å². The summed E-state index contributed by atoms with van der Waals surface area (Å²) in [4.78, 5) is 16.4. The van der Waals surface area contributed by atoms with Crippen LogP contribution in [0.3, 0.4) is 0 Å². The summed E-state index contributed by atoms with van der Waals surface area (Å²) in [5, 5.41) is 6.55. The predicted molar refractivity (Wildman–Crippen MR) is 114 cm³/mol. The predicted octanol–water partition coefficient (Wildman–Crippen LogP) is 3.19. The third-order valence-corrected chi connectivity index (χ3v) is 5.84. The zero-order chi connectivity index (χ0) is 23.3. The number of hydrogen-bond donors (Lipinski definition) is 1. The van der Waals surface area contributed by atoms with Crippen LogP contribution in [0.2, 0.25) is 0 Å². The van der Waals surface area contributed by atoms with E-state index >= 15 is 0 Å². The van der Waals surface area contributed by atoms with Crippen LogP contribution in [0.15, 0.2) is 47.0 Å². The van der Waals surface area contributed by atoms with Crippen molar-refractivity contribution in [1.82, 2.24) is 15.5 Å². The van der Waals surface area contributed by atoms with Crippen LogP contribution in [0.5, 0.6) is 0 Å². The average Bonchev–Trinajstić information content (AvgIpc) is 3.20. The molecular weight excluding hydrogens is 442 g/mol. The molecule has 0 saturated carbocycles. The number of benzene rings is 2. The highest BCUT2D eigenvalue weighted by Gasteiger charge is 2.19. The third-order valence-electron chi connectivity index (χ3n) is 4.65. The first-order chi connectivity index (χ1) is 15.1. The minimum absolute atomic E-state index is 0.00842. The maximum Gasteiger partial charge on any atom is 0.246 e. The van der Waals surface area contributed by atoms with Crippen LogP contribution >= 0.6 is 0 Å². The van der Waals surface area contributed by atoms with Gasteiger partial charge in [0.15, 0.2) is 11.6 Å². The molecule has 11 heteroatoms. The first kappa shape index (κ1) is 23.3. The lowest BCUT2D eigenvalue weighted by Crippen LogP contribution is -2.32. The van der Waals surface area contributed by atoms with Gasteiger partial charge in [0.05, 0.1) is 18.5 Å². The maximum atomic E-state index is 13.5. The summed E-state index contributed by atoms with van der Waals surface area (Å²) in [6.45, 7) is 1.87. The van der Waals surface area contributed by atoms with Crippen LogP contribution in [-0.4, -0.2) is 37.3 Å². The summed E-state index contributed by atoms with van der Waals surface area (Å²) in [7, 11) is -3.75. The van der Waals surface area contributed by atoms with Crippen LogP contribution < -0.4 is 9.62 Å². The second-order valence-electron chi connectivity index (χ2n) is 7.14. The van der Waals surface area contributed by atoms with Gasteiger partial charge in [-0.3, -0.25) is 9.10 Å². The third kappa shape index (κ3) is 5.88. The molecule has 8 nitrogen and oxygen atoms in total. The lowest BCUT2D eigenvalue weighted by atomic mass is 10.1. The van der Waals surface area contributed by atoms with E-state index in [1.54, 1.807) is 0 Å². The van der Waals surface area contributed by atoms with Crippen molar-refractivity contribution in [2.75, 3.05) is 17.1 Å². The van der Waals surface area contributed by atoms with Gasteiger partial charge in [0.1, 0.15) is 0 Å². The second-order valence-corrected chi connectivity index (χ2v) is 9.05. The van der Waals surface area contributed by atoms with Gasteiger partial charge in [-0.25, -0.2) is 17.2 Å². The number of anilines is 1. The summed E-state index contributed by atoms with van der Waals surface area (Å²) in [5.41, 5.74) is 1.80. The Morgan fingerprint density at radius 1 is 1.16 bits per heavy atom. The van der Waals surface area contributed by atoms with Gasteiger partial charge in [0, 0.05) is 24.6 Å². The minimum atomic E-state index is -3.75. The number of aromatic nitrogens is 2. The van der Waals surface area contributed by atoms with Gasteiger partial charge in [-0.2, -0.15) is 4.98 Å². The molecule has 0 aliphatic carbocycles. The molecule has 3 aromatic rings. The zero-order valence-electron chi connectivity index (χ0n) is 17.5. The van der Waals surface area contributed by atoms with Crippen LogP contribution in [0.4, 0.5) is 14.5 Å². The molecule has 0 spiro atoms. The Balaban J connectivity index is 1.53. The quantitative estimate of drug-likeness (QED) is 0.521. The first-order valence-corrected chi connectivity index (χ1v) is 11.6. The van der Waals surface area contributed by atoms with E-state index in [2.05, 4.69) is 15.5 Å². The van der Waals surface area contributed by atoms with Gasteiger partial charge < -0.3 is 9.84 Å². The monoisotopic (exact) mass is 464 g/mol. The van der Waals surface area contributed by atoms with Gasteiger partial charge in [-0.1, -0.05) is 29.4 Å². The molecule has 0 bridgehead atoms. The van der Waals surface area contributed by atoms with Crippen molar-refractivity contribution < 1.29 is 26.5 Å². The molecule has 32 heavy (non-hydrogen) atoms. The summed E-state index contributed by atoms with van der Waals surface area (Å²) >= 11 is 0. The molecule has 0 saturated heterocycles. The number of carbonyl (C=O) groups is 1. The van der Waals surface area contributed by atoms with Crippen LogP contribution in [0.1, 0.15) is 24.3 Å². The van der Waals surface area contributed by atoms with E-state index in [0.717, 1.165) is 33.8 Å². The SMILES string of the molecule is Cc1ccccc1-c1noc(CNC(=O)CCCN(c2ccc(F)c(F)c2)S(C)(=O)=O)n1. The number of hydrogen-bond acceptors (Lipinski definition) is 6. The van der Waals surface area contributed by atoms with Gasteiger partial charge in [-0.05, 0) is 31.0 Å². The maximum absolute atomic E-state index is 13.5. The first-order valence-electron chi connectivity index (χ1n) is 9.73. The Labute approximate surface area is 184 Å². The van der Waals surface area contributed by atoms with Gasteiger partial charge >= 0.3 is 0 Å². The molecule has 3 rings (SSSR count). The Morgan fingerprint density at radius 2 is 1.91 bits per heavy atom. The normalized spacial score (nSPS) is 11.4. The molecule has 0 aliphatic rings. The minimum Gasteiger partial charge on any atom is -0.347 e. The molecule has 0 aliphatic heterocycles. The van der Waals surface area contributed by atoms with Crippen molar-refractivity contribution in [2.24, 2.45) is 0 Å². The molecule has 0 unspecified atom stereocenters. The van der Waals surface area contributed by atoms with Crippen molar-refractivity contribution >= 4 is 21.6 Å². The molecule has 1 amide bonds. The Kier molecular flexibility index (Phi) is 7.18. The molecule has 0 fully saturated rings. The van der Waals surface area contributed by atoms with Gasteiger partial charge in [-0.15, -0.1) is 0 Å².